The van der Waals surface area contributed by atoms with E-state index in [0.29, 0.717) is 17.1 Å². The first kappa shape index (κ1) is 16.9. The molecule has 1 aliphatic rings. The number of hydrogen-bond donors (Lipinski definition) is 3. The summed E-state index contributed by atoms with van der Waals surface area (Å²) < 4.78 is 0. The van der Waals surface area contributed by atoms with Crippen LogP contribution in [0.15, 0.2) is 30.5 Å². The van der Waals surface area contributed by atoms with Crippen LogP contribution >= 0.6 is 11.6 Å². The maximum atomic E-state index is 12.3. The summed E-state index contributed by atoms with van der Waals surface area (Å²) in [6, 6.07) is 6.81. The van der Waals surface area contributed by atoms with Gasteiger partial charge in [0.25, 0.3) is 5.91 Å². The number of aryl methyl sites for hydroxylation is 1. The van der Waals surface area contributed by atoms with E-state index in [1.165, 1.54) is 11.1 Å². The highest BCUT2D eigenvalue weighted by Crippen LogP contribution is 2.24. The Bertz CT molecular complexity index is 764. The Morgan fingerprint density at radius 3 is 3.04 bits per heavy atom. The van der Waals surface area contributed by atoms with Crippen LogP contribution in [0.4, 0.5) is 0 Å². The number of carbonyl (C=O) groups excluding carboxylic acids is 1. The number of aliphatic hydroxyl groups is 1. The molecule has 0 fully saturated rings. The maximum Gasteiger partial charge on any atom is 0.253 e. The Kier molecular flexibility index (Phi) is 5.14. The summed E-state index contributed by atoms with van der Waals surface area (Å²) in [4.78, 5) is 16.7. The zero-order valence-electron chi connectivity index (χ0n) is 13.5. The highest BCUT2D eigenvalue weighted by atomic mass is 35.5. The first-order valence-electron chi connectivity index (χ1n) is 7.95. The molecular weight excluding hydrogens is 326 g/mol. The molecule has 1 aromatic heterocycles. The molecule has 0 bridgehead atoms. The highest BCUT2D eigenvalue weighted by molar-refractivity contribution is 6.31. The monoisotopic (exact) mass is 345 g/mol. The van der Waals surface area contributed by atoms with Crippen molar-refractivity contribution in [2.45, 2.75) is 32.5 Å². The molecule has 0 saturated carbocycles. The minimum Gasteiger partial charge on any atom is -0.378 e. The van der Waals surface area contributed by atoms with Gasteiger partial charge >= 0.3 is 0 Å². The quantitative estimate of drug-likeness (QED) is 0.792. The maximum absolute atomic E-state index is 12.3. The highest BCUT2D eigenvalue weighted by Gasteiger charge is 2.21. The van der Waals surface area contributed by atoms with Crippen LogP contribution in [0.2, 0.25) is 5.02 Å². The summed E-state index contributed by atoms with van der Waals surface area (Å²) in [5.41, 5.74) is 4.76. The fourth-order valence-corrected chi connectivity index (χ4v) is 3.23. The molecule has 0 saturated heterocycles. The Balaban J connectivity index is 1.74. The van der Waals surface area contributed by atoms with Gasteiger partial charge in [0.15, 0.2) is 6.10 Å². The average molecular weight is 346 g/mol. The molecule has 3 N–H and O–H groups in total. The molecule has 126 valence electrons. The fraction of sp³-hybridized carbons (Fsp3) is 0.333. The van der Waals surface area contributed by atoms with E-state index in [0.717, 1.165) is 30.8 Å². The van der Waals surface area contributed by atoms with Crippen LogP contribution in [0.5, 0.6) is 0 Å². The molecule has 0 spiro atoms. The number of fused-ring (bicyclic) bond motifs is 1. The SMILES string of the molecule is Cc1ncc2c(c1CNC(=O)[C@@H](O)c1ccccc1Cl)CCNC2. The van der Waals surface area contributed by atoms with Crippen molar-refractivity contribution in [3.63, 3.8) is 0 Å². The number of benzene rings is 1. The van der Waals surface area contributed by atoms with Crippen molar-refractivity contribution >= 4 is 17.5 Å². The van der Waals surface area contributed by atoms with Crippen LogP contribution < -0.4 is 10.6 Å². The van der Waals surface area contributed by atoms with Crippen molar-refractivity contribution in [1.29, 1.82) is 0 Å². The van der Waals surface area contributed by atoms with Gasteiger partial charge in [-0.1, -0.05) is 29.8 Å². The third-order valence-corrected chi connectivity index (χ3v) is 4.70. The number of carbonyl (C=O) groups is 1. The van der Waals surface area contributed by atoms with Gasteiger partial charge in [-0.05, 0) is 42.6 Å². The van der Waals surface area contributed by atoms with Gasteiger partial charge in [-0.3, -0.25) is 9.78 Å². The Labute approximate surface area is 146 Å². The van der Waals surface area contributed by atoms with Crippen LogP contribution in [0.3, 0.4) is 0 Å². The van der Waals surface area contributed by atoms with E-state index in [1.54, 1.807) is 24.3 Å². The number of halogens is 1. The van der Waals surface area contributed by atoms with Crippen LogP contribution in [-0.2, 0) is 24.3 Å². The molecule has 1 aromatic carbocycles. The molecule has 3 rings (SSSR count). The molecule has 0 unspecified atom stereocenters. The normalized spacial score (nSPS) is 14.8. The van der Waals surface area contributed by atoms with Gasteiger partial charge in [-0.25, -0.2) is 0 Å². The molecule has 2 heterocycles. The van der Waals surface area contributed by atoms with Gasteiger partial charge in [-0.15, -0.1) is 0 Å². The minimum absolute atomic E-state index is 0.350. The molecule has 1 amide bonds. The molecule has 2 aromatic rings. The predicted molar refractivity (Wildman–Crippen MR) is 92.6 cm³/mol. The molecule has 1 aliphatic heterocycles. The van der Waals surface area contributed by atoms with Crippen LogP contribution in [-0.4, -0.2) is 22.5 Å². The third kappa shape index (κ3) is 3.43. The van der Waals surface area contributed by atoms with Crippen molar-refractivity contribution < 1.29 is 9.90 Å². The van der Waals surface area contributed by atoms with E-state index in [9.17, 15) is 9.90 Å². The standard InChI is InChI=1S/C18H20ClN3O2/c1-11-15(13-6-7-20-8-12(13)9-21-11)10-22-18(24)17(23)14-4-2-3-5-16(14)19/h2-5,9,17,20,23H,6-8,10H2,1H3,(H,22,24)/t17-/m0/s1. The van der Waals surface area contributed by atoms with E-state index >= 15 is 0 Å². The van der Waals surface area contributed by atoms with Gasteiger partial charge in [0.05, 0.1) is 0 Å². The Morgan fingerprint density at radius 1 is 1.46 bits per heavy atom. The van der Waals surface area contributed by atoms with E-state index in [-0.39, 0.29) is 0 Å². The van der Waals surface area contributed by atoms with Gasteiger partial charge in [-0.2, -0.15) is 0 Å². The summed E-state index contributed by atoms with van der Waals surface area (Å²) in [6.45, 7) is 4.00. The van der Waals surface area contributed by atoms with Crippen molar-refractivity contribution in [2.24, 2.45) is 0 Å². The van der Waals surface area contributed by atoms with Crippen LogP contribution in [0, 0.1) is 6.92 Å². The largest absolute Gasteiger partial charge is 0.378 e. The van der Waals surface area contributed by atoms with Crippen molar-refractivity contribution in [2.75, 3.05) is 6.54 Å². The van der Waals surface area contributed by atoms with E-state index in [2.05, 4.69) is 15.6 Å². The van der Waals surface area contributed by atoms with E-state index < -0.39 is 12.0 Å². The van der Waals surface area contributed by atoms with Crippen LogP contribution in [0.1, 0.15) is 34.1 Å². The summed E-state index contributed by atoms with van der Waals surface area (Å²) in [5.74, 6) is -0.464. The van der Waals surface area contributed by atoms with Crippen molar-refractivity contribution in [3.8, 4) is 0 Å². The molecule has 0 radical (unpaired) electrons. The molecule has 24 heavy (non-hydrogen) atoms. The smallest absolute Gasteiger partial charge is 0.253 e. The van der Waals surface area contributed by atoms with E-state index in [1.807, 2.05) is 13.1 Å². The predicted octanol–water partition coefficient (Wildman–Crippen LogP) is 2.04. The molecule has 6 heteroatoms. The molecular formula is C18H20ClN3O2. The number of nitrogens with zero attached hydrogens (tertiary/aromatic N) is 1. The molecule has 1 atom stereocenters. The second kappa shape index (κ2) is 7.30. The second-order valence-electron chi connectivity index (χ2n) is 5.89. The molecule has 5 nitrogen and oxygen atoms in total. The first-order chi connectivity index (χ1) is 11.6. The molecule has 0 aliphatic carbocycles. The number of hydrogen-bond acceptors (Lipinski definition) is 4. The summed E-state index contributed by atoms with van der Waals surface area (Å²) >= 11 is 6.04. The zero-order valence-corrected chi connectivity index (χ0v) is 14.2. The van der Waals surface area contributed by atoms with Gasteiger partial charge in [0, 0.05) is 35.6 Å². The van der Waals surface area contributed by atoms with Gasteiger partial charge < -0.3 is 15.7 Å². The lowest BCUT2D eigenvalue weighted by molar-refractivity contribution is -0.129. The Hall–Kier alpha value is -1.95. The summed E-state index contributed by atoms with van der Waals surface area (Å²) in [7, 11) is 0. The lowest BCUT2D eigenvalue weighted by Crippen LogP contribution is -2.31. The number of aliphatic hydroxyl groups excluding tert-OH is 1. The lowest BCUT2D eigenvalue weighted by atomic mass is 9.96. The summed E-state index contributed by atoms with van der Waals surface area (Å²) in [6.07, 6.45) is 1.52. The lowest BCUT2D eigenvalue weighted by Gasteiger charge is -2.22. The first-order valence-corrected chi connectivity index (χ1v) is 8.33. The number of aromatic nitrogens is 1. The van der Waals surface area contributed by atoms with Crippen LogP contribution in [0.25, 0.3) is 0 Å². The van der Waals surface area contributed by atoms with Gasteiger partial charge in [0.1, 0.15) is 0 Å². The number of amides is 1. The minimum atomic E-state index is -1.28. The number of nitrogens with one attached hydrogen (secondary N) is 2. The Morgan fingerprint density at radius 2 is 2.25 bits per heavy atom. The van der Waals surface area contributed by atoms with Crippen molar-refractivity contribution in [3.05, 3.63) is 63.4 Å². The fourth-order valence-electron chi connectivity index (χ4n) is 2.99. The number of rotatable bonds is 4. The topological polar surface area (TPSA) is 74.2 Å². The van der Waals surface area contributed by atoms with E-state index in [4.69, 9.17) is 11.6 Å². The zero-order chi connectivity index (χ0) is 17.1. The average Bonchev–Trinajstić information content (AvgIpc) is 2.60. The third-order valence-electron chi connectivity index (χ3n) is 4.36. The van der Waals surface area contributed by atoms with Gasteiger partial charge in [0.2, 0.25) is 0 Å². The summed E-state index contributed by atoms with van der Waals surface area (Å²) in [5, 5.41) is 16.7. The second-order valence-corrected chi connectivity index (χ2v) is 6.30. The number of pyridine rings is 1. The van der Waals surface area contributed by atoms with Crippen molar-refractivity contribution in [1.82, 2.24) is 15.6 Å².